The maximum atomic E-state index is 4.33. The molecule has 1 heterocycles. The number of rotatable bonds is 6. The fourth-order valence-corrected chi connectivity index (χ4v) is 3.58. The van der Waals surface area contributed by atoms with Gasteiger partial charge < -0.3 is 15.5 Å². The SMILES string of the molecule is CN=C(NCc1ccc(C)cc1)NCc1ccc(CN2CCCN(C)CC2)cc1. The lowest BCUT2D eigenvalue weighted by Crippen LogP contribution is -2.36. The molecule has 1 saturated heterocycles. The normalized spacial score (nSPS) is 16.4. The van der Waals surface area contributed by atoms with Gasteiger partial charge in [0.05, 0.1) is 0 Å². The van der Waals surface area contributed by atoms with Crippen LogP contribution in [0, 0.1) is 6.92 Å². The fourth-order valence-electron chi connectivity index (χ4n) is 3.58. The molecule has 2 aromatic carbocycles. The van der Waals surface area contributed by atoms with E-state index >= 15 is 0 Å². The van der Waals surface area contributed by atoms with E-state index < -0.39 is 0 Å². The lowest BCUT2D eigenvalue weighted by Gasteiger charge is -2.20. The molecule has 0 amide bonds. The molecule has 0 atom stereocenters. The zero-order valence-corrected chi connectivity index (χ0v) is 18.1. The minimum atomic E-state index is 0.766. The van der Waals surface area contributed by atoms with Crippen molar-refractivity contribution >= 4 is 5.96 Å². The maximum Gasteiger partial charge on any atom is 0.191 e. The highest BCUT2D eigenvalue weighted by Crippen LogP contribution is 2.10. The summed E-state index contributed by atoms with van der Waals surface area (Å²) in [4.78, 5) is 9.32. The van der Waals surface area contributed by atoms with Gasteiger partial charge in [0.25, 0.3) is 0 Å². The second kappa shape index (κ2) is 11.0. The van der Waals surface area contributed by atoms with Crippen molar-refractivity contribution in [3.05, 3.63) is 70.8 Å². The summed E-state index contributed by atoms with van der Waals surface area (Å²) in [6.07, 6.45) is 1.26. The van der Waals surface area contributed by atoms with Crippen LogP contribution in [0.3, 0.4) is 0 Å². The number of nitrogens with one attached hydrogen (secondary N) is 2. The third kappa shape index (κ3) is 7.18. The number of hydrogen-bond donors (Lipinski definition) is 2. The van der Waals surface area contributed by atoms with E-state index in [0.717, 1.165) is 38.7 Å². The topological polar surface area (TPSA) is 42.9 Å². The largest absolute Gasteiger partial charge is 0.352 e. The summed E-state index contributed by atoms with van der Waals surface area (Å²) in [7, 11) is 4.03. The van der Waals surface area contributed by atoms with Crippen LogP contribution in [-0.2, 0) is 19.6 Å². The van der Waals surface area contributed by atoms with Crippen molar-refractivity contribution in [3.8, 4) is 0 Å². The molecule has 29 heavy (non-hydrogen) atoms. The van der Waals surface area contributed by atoms with Gasteiger partial charge in [-0.15, -0.1) is 0 Å². The average Bonchev–Trinajstić information content (AvgIpc) is 2.94. The van der Waals surface area contributed by atoms with Crippen molar-refractivity contribution in [2.24, 2.45) is 4.99 Å². The number of aryl methyl sites for hydroxylation is 1. The van der Waals surface area contributed by atoms with E-state index in [1.165, 1.54) is 41.8 Å². The fraction of sp³-hybridized carbons (Fsp3) is 0.458. The highest BCUT2D eigenvalue weighted by Gasteiger charge is 2.12. The summed E-state index contributed by atoms with van der Waals surface area (Å²) < 4.78 is 0. The average molecular weight is 394 g/mol. The first-order valence-corrected chi connectivity index (χ1v) is 10.6. The van der Waals surface area contributed by atoms with E-state index in [9.17, 15) is 0 Å². The summed E-state index contributed by atoms with van der Waals surface area (Å²) >= 11 is 0. The Morgan fingerprint density at radius 2 is 1.41 bits per heavy atom. The smallest absolute Gasteiger partial charge is 0.191 e. The Bertz CT molecular complexity index is 767. The van der Waals surface area contributed by atoms with Gasteiger partial charge in [0.1, 0.15) is 0 Å². The van der Waals surface area contributed by atoms with Crippen LogP contribution in [0.5, 0.6) is 0 Å². The number of aliphatic imine (C=N–C) groups is 1. The van der Waals surface area contributed by atoms with Gasteiger partial charge in [0, 0.05) is 39.8 Å². The lowest BCUT2D eigenvalue weighted by molar-refractivity contribution is 0.269. The van der Waals surface area contributed by atoms with Crippen molar-refractivity contribution in [2.45, 2.75) is 33.0 Å². The van der Waals surface area contributed by atoms with E-state index in [1.807, 2.05) is 7.05 Å². The Kier molecular flexibility index (Phi) is 8.08. The molecule has 0 aliphatic carbocycles. The molecule has 3 rings (SSSR count). The van der Waals surface area contributed by atoms with Crippen LogP contribution in [0.25, 0.3) is 0 Å². The zero-order valence-electron chi connectivity index (χ0n) is 18.1. The van der Waals surface area contributed by atoms with Gasteiger partial charge in [-0.3, -0.25) is 9.89 Å². The molecule has 2 N–H and O–H groups in total. The molecule has 156 valence electrons. The van der Waals surface area contributed by atoms with E-state index in [1.54, 1.807) is 0 Å². The van der Waals surface area contributed by atoms with Crippen LogP contribution < -0.4 is 10.6 Å². The van der Waals surface area contributed by atoms with Gasteiger partial charge in [0.15, 0.2) is 5.96 Å². The second-order valence-electron chi connectivity index (χ2n) is 8.01. The van der Waals surface area contributed by atoms with Crippen molar-refractivity contribution in [2.75, 3.05) is 40.3 Å². The summed E-state index contributed by atoms with van der Waals surface area (Å²) in [5, 5.41) is 6.78. The first kappa shape index (κ1) is 21.3. The van der Waals surface area contributed by atoms with Gasteiger partial charge in [-0.2, -0.15) is 0 Å². The predicted molar refractivity (Wildman–Crippen MR) is 122 cm³/mol. The lowest BCUT2D eigenvalue weighted by atomic mass is 10.1. The van der Waals surface area contributed by atoms with Gasteiger partial charge in [-0.1, -0.05) is 54.1 Å². The highest BCUT2D eigenvalue weighted by molar-refractivity contribution is 5.79. The Balaban J connectivity index is 1.44. The minimum Gasteiger partial charge on any atom is -0.352 e. The number of benzene rings is 2. The standard InChI is InChI=1S/C24H35N5/c1-20-5-7-21(8-6-20)17-26-24(25-2)27-18-22-9-11-23(12-10-22)19-29-14-4-13-28(3)15-16-29/h5-12H,4,13-19H2,1-3H3,(H2,25,26,27). The van der Waals surface area contributed by atoms with Crippen molar-refractivity contribution < 1.29 is 0 Å². The van der Waals surface area contributed by atoms with Crippen LogP contribution in [0.4, 0.5) is 0 Å². The van der Waals surface area contributed by atoms with E-state index in [-0.39, 0.29) is 0 Å². The Labute approximate surface area is 175 Å². The van der Waals surface area contributed by atoms with Crippen LogP contribution in [0.15, 0.2) is 53.5 Å². The third-order valence-electron chi connectivity index (χ3n) is 5.51. The molecule has 0 saturated carbocycles. The number of nitrogens with zero attached hydrogens (tertiary/aromatic N) is 3. The van der Waals surface area contributed by atoms with E-state index in [4.69, 9.17) is 0 Å². The van der Waals surface area contributed by atoms with E-state index in [2.05, 4.69) is 87.9 Å². The molecule has 0 unspecified atom stereocenters. The second-order valence-corrected chi connectivity index (χ2v) is 8.01. The Hall–Kier alpha value is -2.37. The quantitative estimate of drug-likeness (QED) is 0.585. The van der Waals surface area contributed by atoms with E-state index in [0.29, 0.717) is 0 Å². The molecule has 5 heteroatoms. The number of guanidine groups is 1. The van der Waals surface area contributed by atoms with Crippen LogP contribution >= 0.6 is 0 Å². The Morgan fingerprint density at radius 1 is 0.828 bits per heavy atom. The first-order chi connectivity index (χ1) is 14.1. The van der Waals surface area contributed by atoms with Crippen molar-refractivity contribution in [1.29, 1.82) is 0 Å². The van der Waals surface area contributed by atoms with Gasteiger partial charge >= 0.3 is 0 Å². The van der Waals surface area contributed by atoms with Crippen LogP contribution in [0.1, 0.15) is 28.7 Å². The summed E-state index contributed by atoms with van der Waals surface area (Å²) in [6.45, 7) is 9.40. The first-order valence-electron chi connectivity index (χ1n) is 10.6. The molecule has 2 aromatic rings. The zero-order chi connectivity index (χ0) is 20.5. The van der Waals surface area contributed by atoms with Crippen LogP contribution in [-0.4, -0.2) is 56.0 Å². The molecular weight excluding hydrogens is 358 g/mol. The molecule has 0 bridgehead atoms. The van der Waals surface area contributed by atoms with Gasteiger partial charge in [-0.25, -0.2) is 0 Å². The molecule has 0 aromatic heterocycles. The number of likely N-dealkylation sites (N-methyl/N-ethyl adjacent to an activating group) is 1. The summed E-state index contributed by atoms with van der Waals surface area (Å²) in [5.74, 6) is 0.823. The van der Waals surface area contributed by atoms with Gasteiger partial charge in [0.2, 0.25) is 0 Å². The molecule has 0 radical (unpaired) electrons. The molecule has 0 spiro atoms. The molecule has 1 fully saturated rings. The summed E-state index contributed by atoms with van der Waals surface area (Å²) in [6, 6.07) is 17.5. The molecule has 5 nitrogen and oxygen atoms in total. The summed E-state index contributed by atoms with van der Waals surface area (Å²) in [5.41, 5.74) is 5.19. The van der Waals surface area contributed by atoms with Crippen LogP contribution in [0.2, 0.25) is 0 Å². The molecule has 1 aliphatic heterocycles. The van der Waals surface area contributed by atoms with Crippen molar-refractivity contribution in [1.82, 2.24) is 20.4 Å². The highest BCUT2D eigenvalue weighted by atomic mass is 15.2. The number of hydrogen-bond acceptors (Lipinski definition) is 3. The predicted octanol–water partition coefficient (Wildman–Crippen LogP) is 3.00. The minimum absolute atomic E-state index is 0.766. The third-order valence-corrected chi connectivity index (χ3v) is 5.51. The molecule has 1 aliphatic rings. The van der Waals surface area contributed by atoms with Gasteiger partial charge in [-0.05, 0) is 50.2 Å². The monoisotopic (exact) mass is 393 g/mol. The Morgan fingerprint density at radius 3 is 2.03 bits per heavy atom. The molecular formula is C24H35N5. The maximum absolute atomic E-state index is 4.33. The van der Waals surface area contributed by atoms with Crippen molar-refractivity contribution in [3.63, 3.8) is 0 Å².